The number of hydrogen-bond donors (Lipinski definition) is 3. The van der Waals surface area contributed by atoms with Crippen LogP contribution in [-0.4, -0.2) is 40.2 Å². The molecule has 0 saturated carbocycles. The van der Waals surface area contributed by atoms with Crippen molar-refractivity contribution in [2.45, 2.75) is 128 Å². The fourth-order valence-electron chi connectivity index (χ4n) is 4.17. The Morgan fingerprint density at radius 3 is 2.03 bits per heavy atom. The third-order valence-corrected chi connectivity index (χ3v) is 6.13. The van der Waals surface area contributed by atoms with E-state index in [0.717, 1.165) is 19.3 Å². The second kappa shape index (κ2) is 16.5. The van der Waals surface area contributed by atoms with Gasteiger partial charge in [0.15, 0.2) is 5.78 Å². The summed E-state index contributed by atoms with van der Waals surface area (Å²) in [5, 5.41) is 22.8. The van der Waals surface area contributed by atoms with Crippen molar-refractivity contribution in [3.05, 3.63) is 12.2 Å². The SMILES string of the molecule is CCCCCCCCCCCCCCCC(=O)N[C@H](CO)C[C@]1(O)CCC=CC1=O. The van der Waals surface area contributed by atoms with E-state index in [2.05, 4.69) is 12.2 Å². The number of carbonyl (C=O) groups excluding carboxylic acids is 2. The molecule has 30 heavy (non-hydrogen) atoms. The number of amides is 1. The Labute approximate surface area is 183 Å². The molecule has 0 heterocycles. The minimum absolute atomic E-state index is 0.0665. The van der Waals surface area contributed by atoms with E-state index in [4.69, 9.17) is 0 Å². The highest BCUT2D eigenvalue weighted by Crippen LogP contribution is 2.25. The monoisotopic (exact) mass is 423 g/mol. The number of allylic oxidation sites excluding steroid dienone is 1. The lowest BCUT2D eigenvalue weighted by atomic mass is 9.83. The van der Waals surface area contributed by atoms with E-state index in [1.54, 1.807) is 6.08 Å². The van der Waals surface area contributed by atoms with Gasteiger partial charge in [-0.15, -0.1) is 0 Å². The largest absolute Gasteiger partial charge is 0.394 e. The van der Waals surface area contributed by atoms with Gasteiger partial charge in [0.25, 0.3) is 0 Å². The van der Waals surface area contributed by atoms with Crippen LogP contribution in [0, 0.1) is 0 Å². The van der Waals surface area contributed by atoms with Crippen molar-refractivity contribution in [2.75, 3.05) is 6.61 Å². The molecule has 0 aromatic carbocycles. The lowest BCUT2D eigenvalue weighted by Gasteiger charge is -2.31. The molecule has 1 aliphatic rings. The highest BCUT2D eigenvalue weighted by Gasteiger charge is 2.37. The number of unbranched alkanes of at least 4 members (excludes halogenated alkanes) is 12. The first kappa shape index (κ1) is 26.8. The predicted octanol–water partition coefficient (Wildman–Crippen LogP) is 4.99. The molecule has 0 spiro atoms. The van der Waals surface area contributed by atoms with Crippen LogP contribution < -0.4 is 5.32 Å². The maximum atomic E-state index is 12.1. The molecule has 174 valence electrons. The van der Waals surface area contributed by atoms with Crippen LogP contribution in [0.5, 0.6) is 0 Å². The van der Waals surface area contributed by atoms with Gasteiger partial charge in [0.2, 0.25) is 5.91 Å². The summed E-state index contributed by atoms with van der Waals surface area (Å²) in [6.07, 6.45) is 21.1. The fourth-order valence-corrected chi connectivity index (χ4v) is 4.17. The van der Waals surface area contributed by atoms with Crippen molar-refractivity contribution in [3.8, 4) is 0 Å². The van der Waals surface area contributed by atoms with Crippen LogP contribution >= 0.6 is 0 Å². The molecule has 0 aromatic heterocycles. The summed E-state index contributed by atoms with van der Waals surface area (Å²) in [6, 6.07) is -0.583. The van der Waals surface area contributed by atoms with Gasteiger partial charge in [-0.25, -0.2) is 0 Å². The Hall–Kier alpha value is -1.20. The molecule has 3 N–H and O–H groups in total. The molecule has 2 atom stereocenters. The zero-order chi connectivity index (χ0) is 22.1. The lowest BCUT2D eigenvalue weighted by Crippen LogP contribution is -2.48. The average molecular weight is 424 g/mol. The van der Waals surface area contributed by atoms with E-state index >= 15 is 0 Å². The first-order valence-corrected chi connectivity index (χ1v) is 12.4. The molecule has 0 aliphatic heterocycles. The summed E-state index contributed by atoms with van der Waals surface area (Å²) in [6.45, 7) is 1.98. The van der Waals surface area contributed by atoms with E-state index in [9.17, 15) is 19.8 Å². The van der Waals surface area contributed by atoms with Crippen LogP contribution in [0.3, 0.4) is 0 Å². The first-order chi connectivity index (χ1) is 14.5. The van der Waals surface area contributed by atoms with Gasteiger partial charge in [-0.05, 0) is 25.3 Å². The van der Waals surface area contributed by atoms with Crippen LogP contribution in [0.15, 0.2) is 12.2 Å². The molecule has 0 unspecified atom stereocenters. The number of nitrogens with one attached hydrogen (secondary N) is 1. The van der Waals surface area contributed by atoms with E-state index in [-0.39, 0.29) is 24.7 Å². The molecule has 0 aromatic rings. The molecular formula is C25H45NO4. The Morgan fingerprint density at radius 2 is 1.53 bits per heavy atom. The van der Waals surface area contributed by atoms with Crippen LogP contribution in [-0.2, 0) is 9.59 Å². The molecule has 5 nitrogen and oxygen atoms in total. The number of carbonyl (C=O) groups is 2. The van der Waals surface area contributed by atoms with Crippen molar-refractivity contribution in [1.29, 1.82) is 0 Å². The van der Waals surface area contributed by atoms with Gasteiger partial charge in [-0.2, -0.15) is 0 Å². The molecule has 1 amide bonds. The first-order valence-electron chi connectivity index (χ1n) is 12.4. The topological polar surface area (TPSA) is 86.6 Å². The Bertz CT molecular complexity index is 505. The zero-order valence-electron chi connectivity index (χ0n) is 19.2. The van der Waals surface area contributed by atoms with E-state index in [1.807, 2.05) is 0 Å². The van der Waals surface area contributed by atoms with Crippen LogP contribution in [0.1, 0.15) is 116 Å². The average Bonchev–Trinajstić information content (AvgIpc) is 2.73. The fraction of sp³-hybridized carbons (Fsp3) is 0.840. The molecule has 5 heteroatoms. The maximum absolute atomic E-state index is 12.1. The minimum Gasteiger partial charge on any atom is -0.394 e. The zero-order valence-corrected chi connectivity index (χ0v) is 19.2. The number of aliphatic hydroxyl groups excluding tert-OH is 1. The molecule has 1 aliphatic carbocycles. The third kappa shape index (κ3) is 11.8. The van der Waals surface area contributed by atoms with Gasteiger partial charge in [0.1, 0.15) is 5.60 Å². The van der Waals surface area contributed by atoms with E-state index in [1.165, 1.54) is 70.3 Å². The van der Waals surface area contributed by atoms with Crippen molar-refractivity contribution >= 4 is 11.7 Å². The Morgan fingerprint density at radius 1 is 1.00 bits per heavy atom. The molecular weight excluding hydrogens is 378 g/mol. The van der Waals surface area contributed by atoms with Crippen LogP contribution in [0.25, 0.3) is 0 Å². The molecule has 1 rings (SSSR count). The smallest absolute Gasteiger partial charge is 0.220 e. The van der Waals surface area contributed by atoms with Crippen LogP contribution in [0.4, 0.5) is 0 Å². The summed E-state index contributed by atoms with van der Waals surface area (Å²) >= 11 is 0. The van der Waals surface area contributed by atoms with Gasteiger partial charge < -0.3 is 15.5 Å². The molecule has 0 fully saturated rings. The molecule has 0 radical (unpaired) electrons. The van der Waals surface area contributed by atoms with Gasteiger partial charge in [0.05, 0.1) is 12.6 Å². The lowest BCUT2D eigenvalue weighted by molar-refractivity contribution is -0.136. The summed E-state index contributed by atoms with van der Waals surface area (Å²) in [7, 11) is 0. The Balaban J connectivity index is 2.02. The predicted molar refractivity (Wildman–Crippen MR) is 122 cm³/mol. The van der Waals surface area contributed by atoms with Gasteiger partial charge in [0, 0.05) is 12.8 Å². The van der Waals surface area contributed by atoms with Crippen molar-refractivity contribution in [1.82, 2.24) is 5.32 Å². The number of ketones is 1. The molecule has 0 saturated heterocycles. The quantitative estimate of drug-likeness (QED) is 0.271. The summed E-state index contributed by atoms with van der Waals surface area (Å²) < 4.78 is 0. The van der Waals surface area contributed by atoms with Crippen molar-refractivity contribution in [3.63, 3.8) is 0 Å². The van der Waals surface area contributed by atoms with Gasteiger partial charge in [-0.3, -0.25) is 9.59 Å². The summed E-state index contributed by atoms with van der Waals surface area (Å²) in [5.74, 6) is -0.447. The molecule has 0 bridgehead atoms. The van der Waals surface area contributed by atoms with E-state index in [0.29, 0.717) is 19.3 Å². The third-order valence-electron chi connectivity index (χ3n) is 6.13. The number of hydrogen-bond acceptors (Lipinski definition) is 4. The summed E-state index contributed by atoms with van der Waals surface area (Å²) in [4.78, 5) is 24.1. The normalized spacial score (nSPS) is 19.8. The standard InChI is InChI=1S/C25H45NO4/c1-2-3-4-5-6-7-8-9-10-11-12-13-14-18-24(29)26-22(21-27)20-25(30)19-16-15-17-23(25)28/h15,17,22,27,30H,2-14,16,18-21H2,1H3,(H,26,29)/t22-,25+/m0/s1. The highest BCUT2D eigenvalue weighted by molar-refractivity contribution is 5.97. The highest BCUT2D eigenvalue weighted by atomic mass is 16.3. The van der Waals surface area contributed by atoms with Gasteiger partial charge >= 0.3 is 0 Å². The number of aliphatic hydroxyl groups is 2. The second-order valence-electron chi connectivity index (χ2n) is 8.98. The minimum atomic E-state index is -1.47. The van der Waals surface area contributed by atoms with Crippen molar-refractivity contribution < 1.29 is 19.8 Å². The van der Waals surface area contributed by atoms with Crippen LogP contribution in [0.2, 0.25) is 0 Å². The van der Waals surface area contributed by atoms with E-state index < -0.39 is 11.6 Å². The van der Waals surface area contributed by atoms with Gasteiger partial charge in [-0.1, -0.05) is 90.0 Å². The van der Waals surface area contributed by atoms with Crippen molar-refractivity contribution in [2.24, 2.45) is 0 Å². The maximum Gasteiger partial charge on any atom is 0.220 e. The Kier molecular flexibility index (Phi) is 14.7. The summed E-state index contributed by atoms with van der Waals surface area (Å²) in [5.41, 5.74) is -1.47. The second-order valence-corrected chi connectivity index (χ2v) is 8.98. The number of rotatable bonds is 18.